The highest BCUT2D eigenvalue weighted by atomic mass is 28.4. The Labute approximate surface area is 160 Å². The second kappa shape index (κ2) is 5.92. The fraction of sp³-hybridized carbons (Fsp3) is 0.739. The van der Waals surface area contributed by atoms with Gasteiger partial charge in [-0.3, -0.25) is 0 Å². The fourth-order valence-electron chi connectivity index (χ4n) is 6.24. The largest absolute Gasteiger partial charge is 0.408 e. The summed E-state index contributed by atoms with van der Waals surface area (Å²) < 4.78 is 14.0. The van der Waals surface area contributed by atoms with Crippen LogP contribution in [0.25, 0.3) is 0 Å². The first-order chi connectivity index (χ1) is 12.1. The summed E-state index contributed by atoms with van der Waals surface area (Å²) in [6, 6.07) is 12.2. The summed E-state index contributed by atoms with van der Waals surface area (Å²) in [5, 5.41) is 0.359. The molecule has 1 saturated carbocycles. The molecular formula is C23H36O2Si. The second-order valence-electron chi connectivity index (χ2n) is 10.9. The Bertz CT molecular complexity index is 643. The van der Waals surface area contributed by atoms with E-state index < -0.39 is 8.32 Å². The van der Waals surface area contributed by atoms with Crippen molar-refractivity contribution in [2.75, 3.05) is 0 Å². The van der Waals surface area contributed by atoms with Gasteiger partial charge in [-0.05, 0) is 34.5 Å². The lowest BCUT2D eigenvalue weighted by molar-refractivity contribution is 0.0287. The zero-order valence-corrected chi connectivity index (χ0v) is 18.5. The Hall–Kier alpha value is -0.643. The molecular weight excluding hydrogens is 336 g/mol. The van der Waals surface area contributed by atoms with E-state index in [1.54, 1.807) is 0 Å². The molecule has 0 amide bonds. The number of hydrogen-bond donors (Lipinski definition) is 0. The van der Waals surface area contributed by atoms with Crippen LogP contribution in [0.15, 0.2) is 30.3 Å². The maximum Gasteiger partial charge on any atom is 0.206 e. The van der Waals surface area contributed by atoms with Gasteiger partial charge < -0.3 is 9.16 Å². The lowest BCUT2D eigenvalue weighted by atomic mass is 9.73. The van der Waals surface area contributed by atoms with Crippen molar-refractivity contribution in [3.05, 3.63) is 35.9 Å². The van der Waals surface area contributed by atoms with Gasteiger partial charge in [0.2, 0.25) is 8.32 Å². The molecule has 2 aliphatic heterocycles. The van der Waals surface area contributed by atoms with Crippen LogP contribution < -0.4 is 0 Å². The molecule has 1 spiro atoms. The summed E-state index contributed by atoms with van der Waals surface area (Å²) in [4.78, 5) is 0. The molecule has 1 aliphatic carbocycles. The third-order valence-electron chi connectivity index (χ3n) is 7.53. The van der Waals surface area contributed by atoms with Gasteiger partial charge in [0.15, 0.2) is 0 Å². The zero-order chi connectivity index (χ0) is 18.8. The minimum atomic E-state index is -2.12. The Morgan fingerprint density at radius 1 is 0.962 bits per heavy atom. The van der Waals surface area contributed by atoms with Crippen LogP contribution in [0.5, 0.6) is 0 Å². The lowest BCUT2D eigenvalue weighted by Gasteiger charge is -2.52. The van der Waals surface area contributed by atoms with Gasteiger partial charge in [-0.2, -0.15) is 0 Å². The molecule has 3 heteroatoms. The van der Waals surface area contributed by atoms with Crippen molar-refractivity contribution in [2.24, 2.45) is 5.92 Å². The van der Waals surface area contributed by atoms with Crippen LogP contribution in [-0.4, -0.2) is 20.0 Å². The molecule has 4 atom stereocenters. The minimum absolute atomic E-state index is 0.101. The fourth-order valence-corrected chi connectivity index (χ4v) is 12.2. The Morgan fingerprint density at radius 3 is 2.23 bits per heavy atom. The molecule has 0 bridgehead atoms. The van der Waals surface area contributed by atoms with E-state index in [1.807, 2.05) is 0 Å². The molecule has 144 valence electrons. The molecule has 2 nitrogen and oxygen atoms in total. The van der Waals surface area contributed by atoms with Gasteiger partial charge in [0.25, 0.3) is 0 Å². The molecule has 2 heterocycles. The van der Waals surface area contributed by atoms with Crippen molar-refractivity contribution < 1.29 is 9.16 Å². The quantitative estimate of drug-likeness (QED) is 0.407. The zero-order valence-electron chi connectivity index (χ0n) is 17.5. The van der Waals surface area contributed by atoms with Crippen molar-refractivity contribution in [3.63, 3.8) is 0 Å². The predicted octanol–water partition coefficient (Wildman–Crippen LogP) is 6.63. The summed E-state index contributed by atoms with van der Waals surface area (Å²) in [5.41, 5.74) is 1.46. The van der Waals surface area contributed by atoms with Gasteiger partial charge in [0.1, 0.15) is 5.60 Å². The maximum atomic E-state index is 7.44. The summed E-state index contributed by atoms with van der Waals surface area (Å²) in [6.45, 7) is 14.5. The number of hydrogen-bond acceptors (Lipinski definition) is 2. The third-order valence-corrected chi connectivity index (χ3v) is 14.0. The van der Waals surface area contributed by atoms with E-state index in [9.17, 15) is 0 Å². The summed E-state index contributed by atoms with van der Waals surface area (Å²) in [6.07, 6.45) is 5.71. The van der Waals surface area contributed by atoms with Gasteiger partial charge in [-0.15, -0.1) is 0 Å². The van der Waals surface area contributed by atoms with Crippen molar-refractivity contribution in [3.8, 4) is 0 Å². The van der Waals surface area contributed by atoms with Crippen LogP contribution in [0.3, 0.4) is 0 Å². The standard InChI is InChI=1S/C23H36O2Si/c1-21(2,3)26(22(4,5)6)16-19-23(24-19)15-11-10-14-18(23)20(25-26)17-12-8-7-9-13-17/h7-9,12-13,18-20H,10-11,14-16H2,1-6H3/t18-,19?,20-,23?/m1/s1. The van der Waals surface area contributed by atoms with E-state index in [-0.39, 0.29) is 21.8 Å². The molecule has 2 unspecified atom stereocenters. The molecule has 1 aromatic rings. The number of rotatable bonds is 1. The van der Waals surface area contributed by atoms with Gasteiger partial charge >= 0.3 is 0 Å². The first kappa shape index (κ1) is 18.7. The SMILES string of the molecule is CC(C)(C)[Si]1(C(C)(C)C)CC2OC23CCCC[C@@H]3[C@@H](c2ccccc2)O1. The van der Waals surface area contributed by atoms with Crippen LogP contribution in [0.2, 0.25) is 16.1 Å². The normalized spacial score (nSPS) is 36.6. The molecule has 1 aromatic carbocycles. The van der Waals surface area contributed by atoms with E-state index in [2.05, 4.69) is 71.9 Å². The average Bonchev–Trinajstić information content (AvgIpc) is 3.24. The molecule has 0 N–H and O–H groups in total. The number of benzene rings is 1. The molecule has 3 aliphatic rings. The molecule has 26 heavy (non-hydrogen) atoms. The maximum absolute atomic E-state index is 7.44. The highest BCUT2D eigenvalue weighted by Gasteiger charge is 2.71. The van der Waals surface area contributed by atoms with E-state index in [1.165, 1.54) is 31.2 Å². The smallest absolute Gasteiger partial charge is 0.206 e. The van der Waals surface area contributed by atoms with Gasteiger partial charge in [-0.25, -0.2) is 0 Å². The van der Waals surface area contributed by atoms with Crippen LogP contribution in [0.1, 0.15) is 78.9 Å². The topological polar surface area (TPSA) is 21.8 Å². The molecule has 3 fully saturated rings. The van der Waals surface area contributed by atoms with Gasteiger partial charge in [0, 0.05) is 5.92 Å². The van der Waals surface area contributed by atoms with E-state index in [0.717, 1.165) is 6.04 Å². The monoisotopic (exact) mass is 372 g/mol. The van der Waals surface area contributed by atoms with Crippen molar-refractivity contribution in [1.82, 2.24) is 0 Å². The Balaban J connectivity index is 1.85. The van der Waals surface area contributed by atoms with Crippen molar-refractivity contribution in [1.29, 1.82) is 0 Å². The molecule has 4 rings (SSSR count). The molecule has 2 saturated heterocycles. The number of ether oxygens (including phenoxy) is 1. The van der Waals surface area contributed by atoms with Crippen LogP contribution in [-0.2, 0) is 9.16 Å². The average molecular weight is 373 g/mol. The second-order valence-corrected chi connectivity index (χ2v) is 16.2. The predicted molar refractivity (Wildman–Crippen MR) is 110 cm³/mol. The van der Waals surface area contributed by atoms with E-state index in [0.29, 0.717) is 12.0 Å². The van der Waals surface area contributed by atoms with Crippen LogP contribution in [0.4, 0.5) is 0 Å². The van der Waals surface area contributed by atoms with Crippen LogP contribution >= 0.6 is 0 Å². The van der Waals surface area contributed by atoms with Crippen LogP contribution in [0, 0.1) is 5.92 Å². The molecule has 0 aromatic heterocycles. The number of epoxide rings is 1. The Kier molecular flexibility index (Phi) is 4.26. The first-order valence-electron chi connectivity index (χ1n) is 10.5. The summed E-state index contributed by atoms with van der Waals surface area (Å²) in [7, 11) is -2.12. The van der Waals surface area contributed by atoms with Crippen molar-refractivity contribution >= 4 is 8.32 Å². The van der Waals surface area contributed by atoms with Gasteiger partial charge in [0.05, 0.1) is 12.2 Å². The highest BCUT2D eigenvalue weighted by Crippen LogP contribution is 2.67. The van der Waals surface area contributed by atoms with Crippen molar-refractivity contribution in [2.45, 2.75) is 101 Å². The first-order valence-corrected chi connectivity index (χ1v) is 12.6. The minimum Gasteiger partial charge on any atom is -0.408 e. The Morgan fingerprint density at radius 2 is 1.62 bits per heavy atom. The summed E-state index contributed by atoms with van der Waals surface area (Å²) >= 11 is 0. The third kappa shape index (κ3) is 2.65. The molecule has 0 radical (unpaired) electrons. The van der Waals surface area contributed by atoms with E-state index in [4.69, 9.17) is 9.16 Å². The van der Waals surface area contributed by atoms with Gasteiger partial charge in [-0.1, -0.05) is 84.7 Å². The lowest BCUT2D eigenvalue weighted by Crippen LogP contribution is -2.55. The van der Waals surface area contributed by atoms with E-state index >= 15 is 0 Å². The highest BCUT2D eigenvalue weighted by molar-refractivity contribution is 6.79. The summed E-state index contributed by atoms with van der Waals surface area (Å²) in [5.74, 6) is 0.516.